The molecule has 1 aromatic rings. The van der Waals surface area contributed by atoms with E-state index in [0.29, 0.717) is 5.88 Å². The minimum Gasteiger partial charge on any atom is -0.489 e. The molecule has 1 aliphatic rings. The molecule has 4 heteroatoms. The van der Waals surface area contributed by atoms with Crippen LogP contribution in [0.4, 0.5) is 0 Å². The molecule has 1 atom stereocenters. The normalized spacial score (nSPS) is 19.8. The number of piperidine rings is 1. The van der Waals surface area contributed by atoms with Gasteiger partial charge in [0.2, 0.25) is 5.88 Å². The molecule has 1 saturated heterocycles. The molecule has 1 aliphatic heterocycles. The summed E-state index contributed by atoms with van der Waals surface area (Å²) in [5.41, 5.74) is 0.271. The molecule has 0 radical (unpaired) electrons. The van der Waals surface area contributed by atoms with Crippen LogP contribution < -0.4 is 9.47 Å². The summed E-state index contributed by atoms with van der Waals surface area (Å²) in [6, 6.07) is 3.81. The number of ether oxygens (including phenoxy) is 2. The monoisotopic (exact) mass is 320 g/mol. The third kappa shape index (κ3) is 6.02. The average molecular weight is 320 g/mol. The molecular formula is C19H32N2O2. The smallest absolute Gasteiger partial charge is 0.213 e. The second-order valence-electron chi connectivity index (χ2n) is 7.76. The maximum Gasteiger partial charge on any atom is 0.213 e. The fraction of sp³-hybridized carbons (Fsp3) is 0.737. The van der Waals surface area contributed by atoms with Crippen LogP contribution in [0.5, 0.6) is 11.6 Å². The standard InChI is InChI=1S/C19H32N2O2/c1-15(2)23-17-8-9-18(20-13-17)22-12-10-16-7-6-11-21(14-16)19(3,4)5/h8-9,13,15-16H,6-7,10-12,14H2,1-5H3. The van der Waals surface area contributed by atoms with Gasteiger partial charge in [0, 0.05) is 18.2 Å². The van der Waals surface area contributed by atoms with Crippen molar-refractivity contribution >= 4 is 0 Å². The highest BCUT2D eigenvalue weighted by Crippen LogP contribution is 2.25. The lowest BCUT2D eigenvalue weighted by Gasteiger charge is -2.41. The molecule has 1 fully saturated rings. The predicted molar refractivity (Wildman–Crippen MR) is 94.2 cm³/mol. The van der Waals surface area contributed by atoms with Crippen molar-refractivity contribution < 1.29 is 9.47 Å². The lowest BCUT2D eigenvalue weighted by atomic mass is 9.91. The number of hydrogen-bond acceptors (Lipinski definition) is 4. The highest BCUT2D eigenvalue weighted by molar-refractivity contribution is 5.22. The van der Waals surface area contributed by atoms with Crippen LogP contribution in [0, 0.1) is 5.92 Å². The van der Waals surface area contributed by atoms with Crippen molar-refractivity contribution in [1.82, 2.24) is 9.88 Å². The zero-order valence-corrected chi connectivity index (χ0v) is 15.3. The van der Waals surface area contributed by atoms with E-state index in [-0.39, 0.29) is 11.6 Å². The number of hydrogen-bond donors (Lipinski definition) is 0. The predicted octanol–water partition coefficient (Wildman–Crippen LogP) is 4.15. The van der Waals surface area contributed by atoms with Crippen molar-refractivity contribution in [3.63, 3.8) is 0 Å². The molecule has 4 nitrogen and oxygen atoms in total. The minimum absolute atomic E-state index is 0.167. The maximum absolute atomic E-state index is 5.80. The van der Waals surface area contributed by atoms with Gasteiger partial charge in [-0.25, -0.2) is 4.98 Å². The molecule has 0 spiro atoms. The molecule has 1 unspecified atom stereocenters. The molecule has 1 aromatic heterocycles. The summed E-state index contributed by atoms with van der Waals surface area (Å²) in [5, 5.41) is 0. The van der Waals surface area contributed by atoms with Gasteiger partial charge in [-0.3, -0.25) is 4.90 Å². The molecule has 2 heterocycles. The molecule has 0 aromatic carbocycles. The van der Waals surface area contributed by atoms with Crippen LogP contribution in [0.15, 0.2) is 18.3 Å². The summed E-state index contributed by atoms with van der Waals surface area (Å²) in [5.74, 6) is 2.21. The largest absolute Gasteiger partial charge is 0.489 e. The molecule has 0 saturated carbocycles. The first-order valence-electron chi connectivity index (χ1n) is 8.85. The van der Waals surface area contributed by atoms with Crippen LogP contribution in [-0.4, -0.2) is 41.2 Å². The lowest BCUT2D eigenvalue weighted by Crippen LogP contribution is -2.47. The zero-order chi connectivity index (χ0) is 16.9. The summed E-state index contributed by atoms with van der Waals surface area (Å²) >= 11 is 0. The number of likely N-dealkylation sites (tertiary alicyclic amines) is 1. The second-order valence-corrected chi connectivity index (χ2v) is 7.76. The van der Waals surface area contributed by atoms with Crippen molar-refractivity contribution in [2.45, 2.75) is 65.5 Å². The Morgan fingerprint density at radius 2 is 2.09 bits per heavy atom. The van der Waals surface area contributed by atoms with Crippen molar-refractivity contribution in [2.75, 3.05) is 19.7 Å². The summed E-state index contributed by atoms with van der Waals surface area (Å²) in [4.78, 5) is 6.91. The summed E-state index contributed by atoms with van der Waals surface area (Å²) in [7, 11) is 0. The SMILES string of the molecule is CC(C)Oc1ccc(OCCC2CCCN(C(C)(C)C)C2)nc1. The number of rotatable bonds is 6. The van der Waals surface area contributed by atoms with E-state index in [0.717, 1.165) is 24.7 Å². The number of nitrogens with zero attached hydrogens (tertiary/aromatic N) is 2. The van der Waals surface area contributed by atoms with E-state index in [4.69, 9.17) is 9.47 Å². The Balaban J connectivity index is 1.74. The van der Waals surface area contributed by atoms with Crippen molar-refractivity contribution in [3.05, 3.63) is 18.3 Å². The topological polar surface area (TPSA) is 34.6 Å². The van der Waals surface area contributed by atoms with Gasteiger partial charge in [-0.2, -0.15) is 0 Å². The van der Waals surface area contributed by atoms with E-state index in [1.807, 2.05) is 26.0 Å². The van der Waals surface area contributed by atoms with Crippen LogP contribution >= 0.6 is 0 Å². The van der Waals surface area contributed by atoms with E-state index in [1.165, 1.54) is 25.9 Å². The fourth-order valence-electron chi connectivity index (χ4n) is 3.03. The Morgan fingerprint density at radius 1 is 1.30 bits per heavy atom. The highest BCUT2D eigenvalue weighted by Gasteiger charge is 2.27. The summed E-state index contributed by atoms with van der Waals surface area (Å²) < 4.78 is 11.4. The van der Waals surface area contributed by atoms with Crippen LogP contribution in [0.1, 0.15) is 53.9 Å². The summed E-state index contributed by atoms with van der Waals surface area (Å²) in [6.45, 7) is 14.1. The molecule has 23 heavy (non-hydrogen) atoms. The van der Waals surface area contributed by atoms with Gasteiger partial charge in [0.15, 0.2) is 0 Å². The van der Waals surface area contributed by atoms with Gasteiger partial charge in [-0.1, -0.05) is 0 Å². The van der Waals surface area contributed by atoms with Gasteiger partial charge >= 0.3 is 0 Å². The molecule has 2 rings (SSSR count). The third-order valence-electron chi connectivity index (χ3n) is 4.32. The minimum atomic E-state index is 0.167. The van der Waals surface area contributed by atoms with E-state index >= 15 is 0 Å². The summed E-state index contributed by atoms with van der Waals surface area (Å²) in [6.07, 6.45) is 5.60. The molecular weight excluding hydrogens is 288 g/mol. The van der Waals surface area contributed by atoms with Gasteiger partial charge in [0.25, 0.3) is 0 Å². The van der Waals surface area contributed by atoms with Gasteiger partial charge in [-0.15, -0.1) is 0 Å². The Bertz CT molecular complexity index is 465. The van der Waals surface area contributed by atoms with Crippen molar-refractivity contribution in [1.29, 1.82) is 0 Å². The molecule has 0 amide bonds. The molecule has 0 bridgehead atoms. The third-order valence-corrected chi connectivity index (χ3v) is 4.32. The van der Waals surface area contributed by atoms with E-state index in [9.17, 15) is 0 Å². The van der Waals surface area contributed by atoms with Gasteiger partial charge in [0.1, 0.15) is 5.75 Å². The van der Waals surface area contributed by atoms with Gasteiger partial charge in [0.05, 0.1) is 18.9 Å². The first-order chi connectivity index (χ1) is 10.8. The van der Waals surface area contributed by atoms with Crippen LogP contribution in [-0.2, 0) is 0 Å². The average Bonchev–Trinajstić information content (AvgIpc) is 2.48. The van der Waals surface area contributed by atoms with E-state index < -0.39 is 0 Å². The van der Waals surface area contributed by atoms with E-state index in [2.05, 4.69) is 30.7 Å². The molecule has 0 aliphatic carbocycles. The first-order valence-corrected chi connectivity index (χ1v) is 8.85. The Hall–Kier alpha value is -1.29. The Labute approximate surface area is 141 Å². The fourth-order valence-corrected chi connectivity index (χ4v) is 3.03. The lowest BCUT2D eigenvalue weighted by molar-refractivity contribution is 0.0707. The zero-order valence-electron chi connectivity index (χ0n) is 15.3. The van der Waals surface area contributed by atoms with Crippen LogP contribution in [0.3, 0.4) is 0 Å². The molecule has 0 N–H and O–H groups in total. The number of pyridine rings is 1. The Kier molecular flexibility index (Phi) is 6.28. The van der Waals surface area contributed by atoms with Gasteiger partial charge in [-0.05, 0) is 72.4 Å². The van der Waals surface area contributed by atoms with E-state index in [1.54, 1.807) is 6.20 Å². The second kappa shape index (κ2) is 8.00. The first kappa shape index (κ1) is 18.1. The molecule has 130 valence electrons. The van der Waals surface area contributed by atoms with Crippen LogP contribution in [0.2, 0.25) is 0 Å². The quantitative estimate of drug-likeness (QED) is 0.789. The van der Waals surface area contributed by atoms with Crippen molar-refractivity contribution in [2.24, 2.45) is 5.92 Å². The van der Waals surface area contributed by atoms with Crippen molar-refractivity contribution in [3.8, 4) is 11.6 Å². The Morgan fingerprint density at radius 3 is 2.70 bits per heavy atom. The number of aromatic nitrogens is 1. The highest BCUT2D eigenvalue weighted by atomic mass is 16.5. The van der Waals surface area contributed by atoms with Gasteiger partial charge < -0.3 is 9.47 Å². The van der Waals surface area contributed by atoms with Crippen LogP contribution in [0.25, 0.3) is 0 Å². The maximum atomic E-state index is 5.80.